The number of nitriles is 1. The van der Waals surface area contributed by atoms with Crippen molar-refractivity contribution in [2.75, 3.05) is 6.61 Å². The number of nitrogens with zero attached hydrogens (tertiary/aromatic N) is 3. The summed E-state index contributed by atoms with van der Waals surface area (Å²) in [7, 11) is 0. The molecule has 0 aliphatic heterocycles. The van der Waals surface area contributed by atoms with Gasteiger partial charge in [-0.15, -0.1) is 0 Å². The highest BCUT2D eigenvalue weighted by atomic mass is 32.2. The van der Waals surface area contributed by atoms with Crippen molar-refractivity contribution in [1.82, 2.24) is 9.38 Å². The molecule has 4 rings (SSSR count). The second kappa shape index (κ2) is 8.81. The Balaban J connectivity index is 1.56. The first-order chi connectivity index (χ1) is 15.4. The van der Waals surface area contributed by atoms with Crippen molar-refractivity contribution in [3.05, 3.63) is 77.1 Å². The van der Waals surface area contributed by atoms with Crippen molar-refractivity contribution in [1.29, 1.82) is 5.26 Å². The number of aryl methyl sites for hydroxylation is 1. The molecule has 0 aliphatic rings. The summed E-state index contributed by atoms with van der Waals surface area (Å²) in [5.74, 6) is -1.41. The number of carbonyl (C=O) groups excluding carboxylic acids is 2. The molecule has 8 heteroatoms. The van der Waals surface area contributed by atoms with Crippen LogP contribution in [0.15, 0.2) is 59.6 Å². The summed E-state index contributed by atoms with van der Waals surface area (Å²) >= 11 is 1.26. The van der Waals surface area contributed by atoms with E-state index in [1.807, 2.05) is 41.7 Å². The molecule has 0 aliphatic carbocycles. The Kier molecular flexibility index (Phi) is 5.93. The number of pyridine rings is 1. The van der Waals surface area contributed by atoms with Gasteiger partial charge in [0.1, 0.15) is 17.1 Å². The van der Waals surface area contributed by atoms with Gasteiger partial charge < -0.3 is 4.74 Å². The minimum atomic E-state index is -0.618. The summed E-state index contributed by atoms with van der Waals surface area (Å²) in [6, 6.07) is 16.6. The lowest BCUT2D eigenvalue weighted by Crippen LogP contribution is -2.21. The number of ether oxygens (including phenoxy) is 1. The monoisotopic (exact) mass is 447 g/mol. The summed E-state index contributed by atoms with van der Waals surface area (Å²) < 4.78 is 20.1. The Labute approximate surface area is 187 Å². The van der Waals surface area contributed by atoms with Gasteiger partial charge in [-0.2, -0.15) is 5.26 Å². The fraction of sp³-hybridized carbons (Fsp3) is 0.167. The van der Waals surface area contributed by atoms with Crippen molar-refractivity contribution in [3.63, 3.8) is 0 Å². The lowest BCUT2D eigenvalue weighted by atomic mass is 10.1. The summed E-state index contributed by atoms with van der Waals surface area (Å²) in [5, 5.41) is 9.71. The fourth-order valence-corrected chi connectivity index (χ4v) is 4.40. The molecule has 0 spiro atoms. The molecule has 0 saturated heterocycles. The summed E-state index contributed by atoms with van der Waals surface area (Å²) in [5.41, 5.74) is 3.61. The van der Waals surface area contributed by atoms with Crippen molar-refractivity contribution in [2.24, 2.45) is 0 Å². The fourth-order valence-electron chi connectivity index (χ4n) is 3.34. The third kappa shape index (κ3) is 4.07. The minimum absolute atomic E-state index is 0.272. The molecule has 2 aromatic carbocycles. The van der Waals surface area contributed by atoms with E-state index < -0.39 is 29.4 Å². The van der Waals surface area contributed by atoms with Gasteiger partial charge in [-0.3, -0.25) is 14.0 Å². The average molecular weight is 447 g/mol. The Morgan fingerprint density at radius 2 is 1.94 bits per heavy atom. The summed E-state index contributed by atoms with van der Waals surface area (Å²) in [6.07, 6.45) is 0. The number of thioether (sulfide) groups is 1. The number of hydrogen-bond donors (Lipinski definition) is 0. The highest BCUT2D eigenvalue weighted by Gasteiger charge is 2.22. The molecule has 0 radical (unpaired) electrons. The first-order valence-electron chi connectivity index (χ1n) is 9.82. The van der Waals surface area contributed by atoms with Crippen LogP contribution < -0.4 is 0 Å². The predicted octanol–water partition coefficient (Wildman–Crippen LogP) is 4.71. The number of halogens is 1. The number of ketones is 1. The first-order valence-corrected chi connectivity index (χ1v) is 10.7. The van der Waals surface area contributed by atoms with Crippen LogP contribution in [0.5, 0.6) is 0 Å². The number of aromatic nitrogens is 2. The van der Waals surface area contributed by atoms with Gasteiger partial charge in [-0.1, -0.05) is 23.9 Å². The Morgan fingerprint density at radius 3 is 2.66 bits per heavy atom. The Bertz CT molecular complexity index is 1390. The maximum Gasteiger partial charge on any atom is 0.319 e. The molecule has 0 amide bonds. The molecule has 160 valence electrons. The third-order valence-electron chi connectivity index (χ3n) is 4.99. The number of hydrogen-bond acceptors (Lipinski definition) is 6. The second-order valence-corrected chi connectivity index (χ2v) is 8.57. The SMILES string of the molecule is Cc1cc(SC(C)C(=O)OCC(=O)c2ccc(F)cc2)n2c(nc3ccccc32)c1C#N. The standard InChI is InChI=1S/C24H18FN3O3S/c1-14-11-22(28-20-6-4-3-5-19(20)27-23(28)18(14)12-26)32-15(2)24(30)31-13-21(29)16-7-9-17(25)10-8-16/h3-11,15H,13H2,1-2H3. The van der Waals surface area contributed by atoms with E-state index in [4.69, 9.17) is 4.74 Å². The van der Waals surface area contributed by atoms with Gasteiger partial charge in [0.05, 0.1) is 21.6 Å². The zero-order valence-corrected chi connectivity index (χ0v) is 18.1. The van der Waals surface area contributed by atoms with Crippen LogP contribution in [0.4, 0.5) is 4.39 Å². The molecular weight excluding hydrogens is 429 g/mol. The Hall–Kier alpha value is -3.70. The quantitative estimate of drug-likeness (QED) is 0.242. The molecule has 4 aromatic rings. The molecule has 0 bridgehead atoms. The molecule has 0 saturated carbocycles. The van der Waals surface area contributed by atoms with E-state index in [1.54, 1.807) is 6.92 Å². The molecule has 2 heterocycles. The minimum Gasteiger partial charge on any atom is -0.456 e. The lowest BCUT2D eigenvalue weighted by molar-refractivity contribution is -0.141. The predicted molar refractivity (Wildman–Crippen MR) is 119 cm³/mol. The average Bonchev–Trinajstić information content (AvgIpc) is 3.17. The summed E-state index contributed by atoms with van der Waals surface area (Å²) in [6.45, 7) is 3.09. The molecule has 2 aromatic heterocycles. The number of benzene rings is 2. The highest BCUT2D eigenvalue weighted by molar-refractivity contribution is 8.00. The zero-order valence-electron chi connectivity index (χ0n) is 17.3. The Morgan fingerprint density at radius 1 is 1.22 bits per heavy atom. The molecular formula is C24H18FN3O3S. The van der Waals surface area contributed by atoms with Crippen LogP contribution >= 0.6 is 11.8 Å². The van der Waals surface area contributed by atoms with Gasteiger partial charge in [0, 0.05) is 5.56 Å². The van der Waals surface area contributed by atoms with E-state index in [2.05, 4.69) is 11.1 Å². The number of carbonyl (C=O) groups is 2. The van der Waals surface area contributed by atoms with Crippen LogP contribution in [-0.4, -0.2) is 33.0 Å². The number of fused-ring (bicyclic) bond motifs is 3. The van der Waals surface area contributed by atoms with Crippen molar-refractivity contribution in [3.8, 4) is 6.07 Å². The van der Waals surface area contributed by atoms with Gasteiger partial charge in [0.15, 0.2) is 18.0 Å². The number of imidazole rings is 1. The van der Waals surface area contributed by atoms with Gasteiger partial charge in [-0.05, 0) is 61.9 Å². The van der Waals surface area contributed by atoms with Crippen molar-refractivity contribution in [2.45, 2.75) is 24.1 Å². The zero-order chi connectivity index (χ0) is 22.8. The van der Waals surface area contributed by atoms with Crippen LogP contribution in [0.2, 0.25) is 0 Å². The van der Waals surface area contributed by atoms with Gasteiger partial charge >= 0.3 is 5.97 Å². The number of esters is 1. The van der Waals surface area contributed by atoms with Crippen molar-refractivity contribution < 1.29 is 18.7 Å². The molecule has 32 heavy (non-hydrogen) atoms. The van der Waals surface area contributed by atoms with Gasteiger partial charge in [0.2, 0.25) is 0 Å². The first kappa shape index (κ1) is 21.5. The van der Waals surface area contributed by atoms with Crippen LogP contribution in [0.3, 0.4) is 0 Å². The smallest absolute Gasteiger partial charge is 0.319 e. The van der Waals surface area contributed by atoms with Gasteiger partial charge in [-0.25, -0.2) is 9.37 Å². The normalized spacial score (nSPS) is 11.9. The molecule has 6 nitrogen and oxygen atoms in total. The maximum absolute atomic E-state index is 13.0. The number of Topliss-reactive ketones (excluding diaryl/α,β-unsaturated/α-hetero) is 1. The van der Waals surface area contributed by atoms with E-state index in [1.165, 1.54) is 36.0 Å². The topological polar surface area (TPSA) is 84.5 Å². The van der Waals surface area contributed by atoms with Crippen LogP contribution in [0, 0.1) is 24.1 Å². The van der Waals surface area contributed by atoms with E-state index in [-0.39, 0.29) is 5.56 Å². The largest absolute Gasteiger partial charge is 0.456 e. The van der Waals surface area contributed by atoms with Crippen LogP contribution in [0.1, 0.15) is 28.4 Å². The molecule has 1 atom stereocenters. The molecule has 0 N–H and O–H groups in total. The summed E-state index contributed by atoms with van der Waals surface area (Å²) in [4.78, 5) is 29.3. The van der Waals surface area contributed by atoms with E-state index in [9.17, 15) is 19.2 Å². The second-order valence-electron chi connectivity index (χ2n) is 7.21. The highest BCUT2D eigenvalue weighted by Crippen LogP contribution is 2.31. The number of rotatable bonds is 6. The third-order valence-corrected chi connectivity index (χ3v) is 6.08. The number of para-hydroxylation sites is 2. The molecule has 1 unspecified atom stereocenters. The van der Waals surface area contributed by atoms with E-state index >= 15 is 0 Å². The lowest BCUT2D eigenvalue weighted by Gasteiger charge is -2.14. The van der Waals surface area contributed by atoms with Crippen molar-refractivity contribution >= 4 is 40.2 Å². The maximum atomic E-state index is 13.0. The van der Waals surface area contributed by atoms with E-state index in [0.29, 0.717) is 11.2 Å². The molecule has 0 fully saturated rings. The van der Waals surface area contributed by atoms with E-state index in [0.717, 1.165) is 21.6 Å². The van der Waals surface area contributed by atoms with Crippen LogP contribution in [0.25, 0.3) is 16.7 Å². The van der Waals surface area contributed by atoms with Gasteiger partial charge in [0.25, 0.3) is 0 Å². The van der Waals surface area contributed by atoms with Crippen LogP contribution in [-0.2, 0) is 9.53 Å².